The second-order valence-electron chi connectivity index (χ2n) is 11.2. The van der Waals surface area contributed by atoms with Crippen molar-refractivity contribution < 1.29 is 98.1 Å². The number of rotatable bonds is 6. The Hall–Kier alpha value is 0.192. The van der Waals surface area contributed by atoms with Gasteiger partial charge in [-0.3, -0.25) is 39.5 Å². The fourth-order valence-corrected chi connectivity index (χ4v) is 6.28. The predicted octanol–water partition coefficient (Wildman–Crippen LogP) is 6.00. The first-order valence-electron chi connectivity index (χ1n) is 15.6. The maximum Gasteiger partial charge on any atom is 0 e. The van der Waals surface area contributed by atoms with Crippen molar-refractivity contribution in [2.75, 3.05) is 0 Å². The van der Waals surface area contributed by atoms with E-state index in [-0.39, 0.29) is 98.1 Å². The van der Waals surface area contributed by atoms with Crippen LogP contribution < -0.4 is 31.3 Å². The molecule has 0 saturated carbocycles. The van der Waals surface area contributed by atoms with E-state index < -0.39 is 0 Å². The van der Waals surface area contributed by atoms with Crippen LogP contribution in [0.25, 0.3) is 39.5 Å². The van der Waals surface area contributed by atoms with Crippen LogP contribution in [0.5, 0.6) is 0 Å². The molecule has 237 valence electrons. The minimum absolute atomic E-state index is 0. The van der Waals surface area contributed by atoms with Crippen LogP contribution in [0, 0.1) is 41.5 Å². The van der Waals surface area contributed by atoms with Gasteiger partial charge in [0, 0.05) is 98.1 Å². The minimum Gasteiger partial charge on any atom is -0.302 e. The van der Waals surface area contributed by atoms with Crippen LogP contribution in [0.1, 0.15) is 108 Å². The molecule has 0 heterocycles. The topological polar surface area (TPSA) is 0 Å². The normalized spacial score (nSPS) is 9.87. The summed E-state index contributed by atoms with van der Waals surface area (Å²) in [6, 6.07) is 0. The average Bonchev–Trinajstić information content (AvgIpc) is 2.97. The summed E-state index contributed by atoms with van der Waals surface area (Å²) >= 11 is 0. The van der Waals surface area contributed by atoms with Crippen LogP contribution in [-0.4, -0.2) is 0 Å². The Morgan fingerprint density at radius 1 is 0.267 bits per heavy atom. The zero-order chi connectivity index (χ0) is 32.6. The third-order valence-corrected chi connectivity index (χ3v) is 9.35. The van der Waals surface area contributed by atoms with E-state index in [1.165, 1.54) is 66.8 Å². The third kappa shape index (κ3) is 11.1. The van der Waals surface area contributed by atoms with Gasteiger partial charge in [0.1, 0.15) is 0 Å². The number of hydrogen-bond acceptors (Lipinski definition) is 0. The first-order valence-corrected chi connectivity index (χ1v) is 15.6. The van der Waals surface area contributed by atoms with E-state index in [0.29, 0.717) is 0 Å². The van der Waals surface area contributed by atoms with Gasteiger partial charge < -0.3 is 31.3 Å². The van der Waals surface area contributed by atoms with Crippen LogP contribution in [-0.2, 0) is 137 Å². The Kier molecular flexibility index (Phi) is 25.1. The van der Waals surface area contributed by atoms with Crippen LogP contribution in [0.2, 0.25) is 0 Å². The van der Waals surface area contributed by atoms with E-state index >= 15 is 0 Å². The Balaban J connectivity index is -0.000000569. The first kappa shape index (κ1) is 49.6. The molecule has 0 aliphatic rings. The molecule has 0 atom stereocenters. The summed E-state index contributed by atoms with van der Waals surface area (Å²) in [6.45, 7) is 61.5. The molecule has 0 saturated heterocycles. The van der Waals surface area contributed by atoms with Crippen molar-refractivity contribution in [1.29, 1.82) is 0 Å². The Morgan fingerprint density at radius 3 is 0.422 bits per heavy atom. The molecule has 3 radical (unpaired) electrons. The van der Waals surface area contributed by atoms with E-state index in [4.69, 9.17) is 39.5 Å². The van der Waals surface area contributed by atoms with Crippen LogP contribution in [0.4, 0.5) is 0 Å². The summed E-state index contributed by atoms with van der Waals surface area (Å²) < 4.78 is 0. The van der Waals surface area contributed by atoms with Gasteiger partial charge in [0.15, 0.2) is 0 Å². The first-order chi connectivity index (χ1) is 19.6. The molecule has 0 unspecified atom stereocenters. The fraction of sp³-hybridized carbons (Fsp3) is 0.429. The van der Waals surface area contributed by atoms with Gasteiger partial charge in [-0.1, -0.05) is 122 Å². The monoisotopic (exact) mass is 825 g/mol. The van der Waals surface area contributed by atoms with Crippen molar-refractivity contribution >= 4 is 39.5 Å². The van der Waals surface area contributed by atoms with Crippen molar-refractivity contribution in [3.8, 4) is 0 Å². The van der Waals surface area contributed by atoms with Crippen LogP contribution in [0.3, 0.4) is 0 Å². The molecule has 0 aromatic heterocycles. The molecule has 3 aromatic carbocycles. The molecule has 0 nitrogen and oxygen atoms in total. The third-order valence-electron chi connectivity index (χ3n) is 9.35. The Labute approximate surface area is 352 Å². The fourth-order valence-electron chi connectivity index (χ4n) is 6.28. The zero-order valence-corrected chi connectivity index (χ0v) is 39.0. The maximum atomic E-state index is 6.01. The van der Waals surface area contributed by atoms with Crippen molar-refractivity contribution in [2.45, 2.75) is 122 Å². The van der Waals surface area contributed by atoms with Gasteiger partial charge in [0.05, 0.1) is 0 Å². The maximum absolute atomic E-state index is 6.01. The summed E-state index contributed by atoms with van der Waals surface area (Å²) in [4.78, 5) is 0. The van der Waals surface area contributed by atoms with E-state index in [1.807, 2.05) is 0 Å². The van der Waals surface area contributed by atoms with Crippen LogP contribution in [0.15, 0.2) is 0 Å². The second kappa shape index (κ2) is 22.8. The standard InChI is InChI=1S/3C14H18.3Y/c3*1-7-13-9(3)11(5)14(8-2)12(6)10(13)4;;;/h3*3,5H,7-8H2,1-2,4,6H3;;;/q3*-2;;;. The average molecular weight is 826 g/mol. The van der Waals surface area contributed by atoms with Gasteiger partial charge in [-0.2, -0.15) is 0 Å². The van der Waals surface area contributed by atoms with Gasteiger partial charge >= 0.3 is 0 Å². The summed E-state index contributed by atoms with van der Waals surface area (Å²) in [6.07, 6.45) is 5.71. The van der Waals surface area contributed by atoms with E-state index in [1.54, 1.807) is 0 Å². The molecule has 3 heteroatoms. The number of benzene rings is 3. The molecular weight excluding hydrogens is 771 g/mol. The summed E-state index contributed by atoms with van der Waals surface area (Å²) in [5.41, 5.74) is 15.0. The summed E-state index contributed by atoms with van der Waals surface area (Å²) in [5.74, 6) is 0. The van der Waals surface area contributed by atoms with E-state index in [0.717, 1.165) is 69.8 Å². The van der Waals surface area contributed by atoms with E-state index in [9.17, 15) is 0 Å². The summed E-state index contributed by atoms with van der Waals surface area (Å²) in [5, 5.41) is 4.71. The van der Waals surface area contributed by atoms with Crippen molar-refractivity contribution in [1.82, 2.24) is 0 Å². The SMILES string of the molecule is [CH-]=c1c(CC)c(C)c(C)c(CC)c1=[CH-].[CH-]=c1c(CC)c(C)c(C)c(CC)c1=[CH-].[CH-]=c1c(CC)c(C)c(C)c(CC)c1=[CH-].[Y].[Y].[Y]. The molecule has 0 spiro atoms. The number of hydrogen-bond donors (Lipinski definition) is 0. The molecule has 0 bridgehead atoms. The predicted molar refractivity (Wildman–Crippen MR) is 189 cm³/mol. The second-order valence-corrected chi connectivity index (χ2v) is 11.2. The van der Waals surface area contributed by atoms with Crippen molar-refractivity contribution in [3.05, 3.63) is 98.1 Å². The zero-order valence-electron chi connectivity index (χ0n) is 30.4. The molecule has 0 aliphatic carbocycles. The molecule has 0 aliphatic heterocycles. The Bertz CT molecular complexity index is 1410. The largest absolute Gasteiger partial charge is 0.302 e. The van der Waals surface area contributed by atoms with Crippen LogP contribution >= 0.6 is 0 Å². The quantitative estimate of drug-likeness (QED) is 0.268. The van der Waals surface area contributed by atoms with Gasteiger partial charge in [0.2, 0.25) is 0 Å². The molecule has 0 fully saturated rings. The summed E-state index contributed by atoms with van der Waals surface area (Å²) in [7, 11) is 0. The van der Waals surface area contributed by atoms with Gasteiger partial charge in [-0.25, -0.2) is 33.4 Å². The minimum atomic E-state index is 0. The van der Waals surface area contributed by atoms with Gasteiger partial charge in [-0.15, -0.1) is 33.4 Å². The molecule has 3 aromatic rings. The van der Waals surface area contributed by atoms with E-state index in [2.05, 4.69) is 83.1 Å². The molecular formula is C42H54Y3-6. The van der Waals surface area contributed by atoms with Gasteiger partial charge in [-0.05, 0) is 0 Å². The molecule has 45 heavy (non-hydrogen) atoms. The molecule has 3 rings (SSSR count). The Morgan fingerprint density at radius 2 is 0.356 bits per heavy atom. The molecule has 0 N–H and O–H groups in total. The molecule has 0 amide bonds. The van der Waals surface area contributed by atoms with Crippen molar-refractivity contribution in [3.63, 3.8) is 0 Å². The van der Waals surface area contributed by atoms with Crippen molar-refractivity contribution in [2.24, 2.45) is 0 Å². The van der Waals surface area contributed by atoms with Gasteiger partial charge in [0.25, 0.3) is 0 Å². The smallest absolute Gasteiger partial charge is 0 e.